The van der Waals surface area contributed by atoms with Gasteiger partial charge in [-0.25, -0.2) is 0 Å². The molecule has 24 heavy (non-hydrogen) atoms. The first-order chi connectivity index (χ1) is 11.1. The highest BCUT2D eigenvalue weighted by Crippen LogP contribution is 2.25. The van der Waals surface area contributed by atoms with E-state index in [-0.39, 0.29) is 6.61 Å². The average Bonchev–Trinajstić information content (AvgIpc) is 2.52. The number of aliphatic hydroxyl groups excluding tert-OH is 1. The van der Waals surface area contributed by atoms with Crippen LogP contribution in [0.3, 0.4) is 0 Å². The Hall–Kier alpha value is -2.20. The first kappa shape index (κ1) is 19.8. The molecule has 0 bridgehead atoms. The van der Waals surface area contributed by atoms with Crippen molar-refractivity contribution in [2.45, 2.75) is 58.4 Å². The number of hydrogen-bond donors (Lipinski definition) is 1. The van der Waals surface area contributed by atoms with Crippen molar-refractivity contribution in [3.63, 3.8) is 0 Å². The lowest BCUT2D eigenvalue weighted by Gasteiger charge is -2.32. The Morgan fingerprint density at radius 2 is 1.17 bits per heavy atom. The van der Waals surface area contributed by atoms with E-state index < -0.39 is 54.6 Å². The summed E-state index contributed by atoms with van der Waals surface area (Å²) in [5, 5.41) is 10.0. The van der Waals surface area contributed by atoms with E-state index in [1.54, 1.807) is 0 Å². The highest BCUT2D eigenvalue weighted by atomic mass is 16.7. The molecule has 10 heteroatoms. The van der Waals surface area contributed by atoms with Crippen LogP contribution in [0.2, 0.25) is 0 Å². The molecule has 0 unspecified atom stereocenters. The molecular weight excluding hydrogens is 328 g/mol. The first-order valence-corrected chi connectivity index (χ1v) is 7.10. The van der Waals surface area contributed by atoms with E-state index in [4.69, 9.17) is 23.7 Å². The minimum Gasteiger partial charge on any atom is -0.456 e. The van der Waals surface area contributed by atoms with Crippen LogP contribution in [0.1, 0.15) is 27.7 Å². The minimum absolute atomic E-state index is 0.367. The number of esters is 4. The van der Waals surface area contributed by atoms with E-state index in [1.807, 2.05) is 0 Å². The Morgan fingerprint density at radius 1 is 0.750 bits per heavy atom. The third kappa shape index (κ3) is 5.78. The topological polar surface area (TPSA) is 135 Å². The van der Waals surface area contributed by atoms with Gasteiger partial charge in [0.15, 0.2) is 30.7 Å². The van der Waals surface area contributed by atoms with E-state index in [0.29, 0.717) is 0 Å². The number of aliphatic hydroxyl groups is 1. The maximum Gasteiger partial charge on any atom is 0.303 e. The van der Waals surface area contributed by atoms with Crippen LogP contribution in [0.4, 0.5) is 0 Å². The largest absolute Gasteiger partial charge is 0.456 e. The summed E-state index contributed by atoms with van der Waals surface area (Å²) in [5.74, 6) is -3.03. The highest BCUT2D eigenvalue weighted by molar-refractivity contribution is 5.69. The third-order valence-electron chi connectivity index (χ3n) is 2.95. The maximum absolute atomic E-state index is 11.4. The van der Waals surface area contributed by atoms with Gasteiger partial charge in [-0.3, -0.25) is 19.2 Å². The second kappa shape index (κ2) is 8.60. The van der Waals surface area contributed by atoms with Crippen molar-refractivity contribution in [3.05, 3.63) is 0 Å². The molecule has 0 spiro atoms. The SMILES string of the molecule is CC(=O)O[C@@H]1[C@@H](OC(C)=O)[C@H](O)OC[C@@H](OC(C)=O)[C@H]1OC(C)=O. The first-order valence-electron chi connectivity index (χ1n) is 7.10. The van der Waals surface area contributed by atoms with Gasteiger partial charge < -0.3 is 28.8 Å². The van der Waals surface area contributed by atoms with Crippen LogP contribution in [0.25, 0.3) is 0 Å². The lowest BCUT2D eigenvalue weighted by atomic mass is 10.0. The Labute approximate surface area is 137 Å². The Morgan fingerprint density at radius 3 is 1.62 bits per heavy atom. The second-order valence-corrected chi connectivity index (χ2v) is 5.09. The molecule has 0 aromatic rings. The molecule has 136 valence electrons. The second-order valence-electron chi connectivity index (χ2n) is 5.09. The molecule has 0 saturated carbocycles. The Balaban J connectivity index is 3.25. The van der Waals surface area contributed by atoms with Crippen LogP contribution < -0.4 is 0 Å². The van der Waals surface area contributed by atoms with Gasteiger partial charge >= 0.3 is 23.9 Å². The summed E-state index contributed by atoms with van der Waals surface area (Å²) in [7, 11) is 0. The number of carbonyl (C=O) groups is 4. The summed E-state index contributed by atoms with van der Waals surface area (Å²) in [6, 6.07) is 0. The molecule has 1 fully saturated rings. The van der Waals surface area contributed by atoms with Gasteiger partial charge in [-0.15, -0.1) is 0 Å². The molecule has 0 aromatic carbocycles. The predicted molar refractivity (Wildman–Crippen MR) is 74.2 cm³/mol. The summed E-state index contributed by atoms with van der Waals surface area (Å²) >= 11 is 0. The van der Waals surface area contributed by atoms with Crippen LogP contribution in [-0.2, 0) is 42.9 Å². The molecule has 1 N–H and O–H groups in total. The van der Waals surface area contributed by atoms with Gasteiger partial charge in [0, 0.05) is 27.7 Å². The molecule has 0 aliphatic carbocycles. The fraction of sp³-hybridized carbons (Fsp3) is 0.714. The van der Waals surface area contributed by atoms with Crippen LogP contribution in [0.5, 0.6) is 0 Å². The van der Waals surface area contributed by atoms with E-state index in [0.717, 1.165) is 27.7 Å². The van der Waals surface area contributed by atoms with Crippen LogP contribution in [0, 0.1) is 0 Å². The zero-order valence-electron chi connectivity index (χ0n) is 13.7. The Bertz CT molecular complexity index is 502. The van der Waals surface area contributed by atoms with Gasteiger partial charge in [0.1, 0.15) is 0 Å². The molecule has 1 saturated heterocycles. The zero-order chi connectivity index (χ0) is 18.4. The van der Waals surface area contributed by atoms with Crippen molar-refractivity contribution >= 4 is 23.9 Å². The number of ether oxygens (including phenoxy) is 5. The molecule has 5 atom stereocenters. The maximum atomic E-state index is 11.4. The fourth-order valence-electron chi connectivity index (χ4n) is 2.24. The van der Waals surface area contributed by atoms with Gasteiger partial charge in [0.05, 0.1) is 6.61 Å². The van der Waals surface area contributed by atoms with Crippen molar-refractivity contribution in [1.29, 1.82) is 0 Å². The zero-order valence-corrected chi connectivity index (χ0v) is 13.7. The molecule has 1 aliphatic rings. The van der Waals surface area contributed by atoms with Crippen molar-refractivity contribution < 1.29 is 48.0 Å². The van der Waals surface area contributed by atoms with Gasteiger partial charge in [0.2, 0.25) is 0 Å². The predicted octanol–water partition coefficient (Wildman–Crippen LogP) is -0.938. The van der Waals surface area contributed by atoms with E-state index in [1.165, 1.54) is 0 Å². The van der Waals surface area contributed by atoms with E-state index >= 15 is 0 Å². The minimum atomic E-state index is -1.68. The van der Waals surface area contributed by atoms with Crippen molar-refractivity contribution in [3.8, 4) is 0 Å². The number of rotatable bonds is 4. The molecule has 1 heterocycles. The van der Waals surface area contributed by atoms with Crippen molar-refractivity contribution in [2.75, 3.05) is 6.61 Å². The lowest BCUT2D eigenvalue weighted by Crippen LogP contribution is -2.52. The summed E-state index contributed by atoms with van der Waals surface area (Å²) in [6.07, 6.45) is -7.10. The molecule has 0 radical (unpaired) electrons. The number of hydrogen-bond acceptors (Lipinski definition) is 10. The average molecular weight is 348 g/mol. The summed E-state index contributed by atoms with van der Waals surface area (Å²) < 4.78 is 25.2. The van der Waals surface area contributed by atoms with Gasteiger partial charge in [-0.1, -0.05) is 0 Å². The molecular formula is C14H20O10. The molecule has 10 nitrogen and oxygen atoms in total. The van der Waals surface area contributed by atoms with E-state index in [2.05, 4.69) is 0 Å². The smallest absolute Gasteiger partial charge is 0.303 e. The van der Waals surface area contributed by atoms with Gasteiger partial charge in [-0.05, 0) is 0 Å². The summed E-state index contributed by atoms with van der Waals surface area (Å²) in [4.78, 5) is 45.3. The van der Waals surface area contributed by atoms with Crippen LogP contribution in [0.15, 0.2) is 0 Å². The normalized spacial score (nSPS) is 29.8. The Kier molecular flexibility index (Phi) is 7.11. The number of carbonyl (C=O) groups excluding carboxylic acids is 4. The van der Waals surface area contributed by atoms with Crippen molar-refractivity contribution in [1.82, 2.24) is 0 Å². The van der Waals surface area contributed by atoms with Crippen LogP contribution in [-0.4, -0.2) is 66.3 Å². The lowest BCUT2D eigenvalue weighted by molar-refractivity contribution is -0.214. The summed E-state index contributed by atoms with van der Waals surface area (Å²) in [6.45, 7) is 4.00. The van der Waals surface area contributed by atoms with Crippen LogP contribution >= 0.6 is 0 Å². The monoisotopic (exact) mass is 348 g/mol. The third-order valence-corrected chi connectivity index (χ3v) is 2.95. The standard InChI is InChI=1S/C14H20O10/c1-6(15)21-10-5-20-14(19)13(24-9(4)18)12(23-8(3)17)11(10)22-7(2)16/h10-14,19H,5H2,1-4H3/t10-,11-,12+,13-,14-/m1/s1. The highest BCUT2D eigenvalue weighted by Gasteiger charge is 2.49. The van der Waals surface area contributed by atoms with Gasteiger partial charge in [-0.2, -0.15) is 0 Å². The molecule has 1 aliphatic heterocycles. The fourth-order valence-corrected chi connectivity index (χ4v) is 2.24. The molecule has 0 amide bonds. The quantitative estimate of drug-likeness (QED) is 0.501. The van der Waals surface area contributed by atoms with Gasteiger partial charge in [0.25, 0.3) is 0 Å². The molecule has 1 rings (SSSR count). The molecule has 0 aromatic heterocycles. The van der Waals surface area contributed by atoms with Crippen molar-refractivity contribution in [2.24, 2.45) is 0 Å². The summed E-state index contributed by atoms with van der Waals surface area (Å²) in [5.41, 5.74) is 0. The van der Waals surface area contributed by atoms with E-state index in [9.17, 15) is 24.3 Å².